The molecule has 4 rings (SSSR count). The van der Waals surface area contributed by atoms with Crippen LogP contribution in [0.1, 0.15) is 50.8 Å². The normalized spacial score (nSPS) is 15.6. The van der Waals surface area contributed by atoms with E-state index in [2.05, 4.69) is 15.5 Å². The Morgan fingerprint density at radius 3 is 2.94 bits per heavy atom. The van der Waals surface area contributed by atoms with Crippen LogP contribution in [0.15, 0.2) is 24.4 Å². The van der Waals surface area contributed by atoms with Crippen LogP contribution in [-0.4, -0.2) is 62.1 Å². The van der Waals surface area contributed by atoms with Crippen LogP contribution in [-0.2, 0) is 17.8 Å². The molecule has 1 aliphatic heterocycles. The zero-order chi connectivity index (χ0) is 22.7. The first-order valence-electron chi connectivity index (χ1n) is 10.7. The number of aryl methyl sites for hydroxylation is 1. The van der Waals surface area contributed by atoms with Gasteiger partial charge in [-0.1, -0.05) is 22.9 Å². The average molecular weight is 483 g/mol. The van der Waals surface area contributed by atoms with Gasteiger partial charge in [-0.25, -0.2) is 4.68 Å². The average Bonchev–Trinajstić information content (AvgIpc) is 3.34. The molecule has 0 saturated carbocycles. The maximum atomic E-state index is 10.7. The van der Waals surface area contributed by atoms with Crippen LogP contribution in [0, 0.1) is 0 Å². The van der Waals surface area contributed by atoms with Gasteiger partial charge in [0, 0.05) is 49.6 Å². The number of benzene rings is 1. The molecule has 2 aromatic heterocycles. The number of nitrogens with zero attached hydrogens (tertiary/aromatic N) is 4. The number of carboxylic acids is 1. The molecular formula is C22H26ClLiN5O3S. The van der Waals surface area contributed by atoms with E-state index in [1.54, 1.807) is 4.68 Å². The van der Waals surface area contributed by atoms with Crippen molar-refractivity contribution in [3.05, 3.63) is 40.7 Å². The van der Waals surface area contributed by atoms with Crippen LogP contribution in [0.5, 0.6) is 5.75 Å². The van der Waals surface area contributed by atoms with Crippen molar-refractivity contribution in [1.29, 1.82) is 0 Å². The number of ether oxygens (including phenoxy) is 1. The molecule has 3 aromatic rings. The molecule has 11 heteroatoms. The summed E-state index contributed by atoms with van der Waals surface area (Å²) in [6.07, 6.45) is 5.70. The number of nitrogens with one attached hydrogen (secondary N) is 1. The van der Waals surface area contributed by atoms with Gasteiger partial charge in [0.05, 0.1) is 16.8 Å². The molecule has 1 unspecified atom stereocenters. The van der Waals surface area contributed by atoms with Gasteiger partial charge in [0.25, 0.3) is 0 Å². The van der Waals surface area contributed by atoms with Crippen molar-refractivity contribution in [1.82, 2.24) is 25.3 Å². The smallest absolute Gasteiger partial charge is 0.303 e. The number of aromatic nitrogens is 4. The van der Waals surface area contributed by atoms with Gasteiger partial charge in [0.1, 0.15) is 10.8 Å². The molecule has 8 nitrogen and oxygen atoms in total. The fourth-order valence-electron chi connectivity index (χ4n) is 3.73. The largest absolute Gasteiger partial charge is 0.489 e. The van der Waals surface area contributed by atoms with Crippen LogP contribution in [0.3, 0.4) is 0 Å². The molecule has 1 aliphatic rings. The van der Waals surface area contributed by atoms with Gasteiger partial charge in [0.15, 0.2) is 0 Å². The summed E-state index contributed by atoms with van der Waals surface area (Å²) in [6.45, 7) is 4.59. The first-order valence-corrected chi connectivity index (χ1v) is 11.9. The Morgan fingerprint density at radius 2 is 2.21 bits per heavy atom. The second-order valence-electron chi connectivity index (χ2n) is 8.15. The van der Waals surface area contributed by atoms with Gasteiger partial charge in [-0.2, -0.15) is 5.10 Å². The Bertz CT molecular complexity index is 1080. The summed E-state index contributed by atoms with van der Waals surface area (Å²) < 4.78 is 7.48. The fourth-order valence-corrected chi connectivity index (χ4v) is 4.72. The Morgan fingerprint density at radius 1 is 1.39 bits per heavy atom. The minimum atomic E-state index is -0.739. The molecule has 2 N–H and O–H groups in total. The van der Waals surface area contributed by atoms with E-state index in [0.717, 1.165) is 35.5 Å². The molecule has 171 valence electrons. The SMILES string of the molecule is CC(C)Oc1ccc(-c2nnc(-n3cc4c(n3)CNC(CCCC(=O)O)CC4)s2)cc1Cl.[Li]. The molecule has 33 heavy (non-hydrogen) atoms. The van der Waals surface area contributed by atoms with Crippen molar-refractivity contribution in [2.24, 2.45) is 0 Å². The monoisotopic (exact) mass is 482 g/mol. The predicted octanol–water partition coefficient (Wildman–Crippen LogP) is 4.11. The van der Waals surface area contributed by atoms with Crippen molar-refractivity contribution < 1.29 is 14.6 Å². The molecule has 3 heterocycles. The minimum Gasteiger partial charge on any atom is -0.489 e. The standard InChI is InChI=1S/C22H26ClN5O3S.Li/c1-13(2)31-19-9-7-14(10-17(19)23)21-25-26-22(32-21)28-12-15-6-8-16(4-3-5-20(29)30)24-11-18(15)27-28;/h7,9-10,12-13,16,24H,3-6,8,11H2,1-2H3,(H,29,30);. The second kappa shape index (κ2) is 11.5. The number of hydrogen-bond donors (Lipinski definition) is 2. The van der Waals surface area contributed by atoms with Gasteiger partial charge >= 0.3 is 5.97 Å². The second-order valence-corrected chi connectivity index (χ2v) is 9.51. The molecule has 1 aromatic carbocycles. The maximum Gasteiger partial charge on any atom is 0.303 e. The first-order chi connectivity index (χ1) is 15.4. The molecule has 0 saturated heterocycles. The van der Waals surface area contributed by atoms with Crippen molar-refractivity contribution in [3.63, 3.8) is 0 Å². The van der Waals surface area contributed by atoms with E-state index in [-0.39, 0.29) is 31.4 Å². The van der Waals surface area contributed by atoms with Gasteiger partial charge in [-0.3, -0.25) is 4.79 Å². The van der Waals surface area contributed by atoms with Gasteiger partial charge in [-0.15, -0.1) is 10.2 Å². The van der Waals surface area contributed by atoms with E-state index in [1.807, 2.05) is 38.2 Å². The Balaban J connectivity index is 0.00000306. The van der Waals surface area contributed by atoms with Crippen LogP contribution in [0.2, 0.25) is 5.02 Å². The summed E-state index contributed by atoms with van der Waals surface area (Å²) >= 11 is 7.82. The zero-order valence-corrected chi connectivity index (χ0v) is 20.6. The Kier molecular flexibility index (Phi) is 8.96. The molecule has 0 amide bonds. The topological polar surface area (TPSA) is 102 Å². The number of carbonyl (C=O) groups is 1. The van der Waals surface area contributed by atoms with Crippen molar-refractivity contribution in [2.45, 2.75) is 64.6 Å². The number of aliphatic carboxylic acids is 1. The summed E-state index contributed by atoms with van der Waals surface area (Å²) in [5.41, 5.74) is 3.07. The Labute approximate surface area is 213 Å². The maximum absolute atomic E-state index is 10.7. The predicted molar refractivity (Wildman–Crippen MR) is 129 cm³/mol. The van der Waals surface area contributed by atoms with Crippen LogP contribution >= 0.6 is 22.9 Å². The van der Waals surface area contributed by atoms with Gasteiger partial charge in [0.2, 0.25) is 5.13 Å². The van der Waals surface area contributed by atoms with E-state index in [1.165, 1.54) is 16.9 Å². The number of fused-ring (bicyclic) bond motifs is 1. The molecule has 0 bridgehead atoms. The number of halogens is 1. The van der Waals surface area contributed by atoms with Crippen molar-refractivity contribution >= 4 is 47.8 Å². The van der Waals surface area contributed by atoms with E-state index >= 15 is 0 Å². The summed E-state index contributed by atoms with van der Waals surface area (Å²) in [6, 6.07) is 5.95. The van der Waals surface area contributed by atoms with Crippen LogP contribution in [0.4, 0.5) is 0 Å². The third-order valence-corrected chi connectivity index (χ3v) is 6.55. The summed E-state index contributed by atoms with van der Waals surface area (Å²) in [7, 11) is 0. The van der Waals surface area contributed by atoms with Crippen molar-refractivity contribution in [2.75, 3.05) is 0 Å². The minimum absolute atomic E-state index is 0. The summed E-state index contributed by atoms with van der Waals surface area (Å²) in [5, 5.41) is 27.7. The molecule has 0 spiro atoms. The van der Waals surface area contributed by atoms with Gasteiger partial charge in [-0.05, 0) is 63.3 Å². The number of rotatable bonds is 8. The fraction of sp³-hybridized carbons (Fsp3) is 0.455. The number of hydrogen-bond acceptors (Lipinski definition) is 7. The zero-order valence-electron chi connectivity index (χ0n) is 19.0. The first kappa shape index (κ1) is 25.7. The Hall–Kier alpha value is -1.89. The van der Waals surface area contributed by atoms with E-state index < -0.39 is 5.97 Å². The molecule has 1 atom stereocenters. The molecular weight excluding hydrogens is 457 g/mol. The van der Waals surface area contributed by atoms with Crippen LogP contribution < -0.4 is 10.1 Å². The summed E-state index contributed by atoms with van der Waals surface area (Å²) in [5.74, 6) is -0.0866. The van der Waals surface area contributed by atoms with E-state index in [4.69, 9.17) is 26.5 Å². The third-order valence-electron chi connectivity index (χ3n) is 5.29. The van der Waals surface area contributed by atoms with Crippen LogP contribution in [0.25, 0.3) is 15.7 Å². The van der Waals surface area contributed by atoms with E-state index in [0.29, 0.717) is 34.9 Å². The quantitative estimate of drug-likeness (QED) is 0.466. The van der Waals surface area contributed by atoms with Gasteiger partial charge < -0.3 is 15.2 Å². The summed E-state index contributed by atoms with van der Waals surface area (Å²) in [4.78, 5) is 10.7. The van der Waals surface area contributed by atoms with E-state index in [9.17, 15) is 4.79 Å². The number of carboxylic acid groups (broad SMARTS) is 1. The molecule has 0 fully saturated rings. The molecule has 1 radical (unpaired) electrons. The third kappa shape index (κ3) is 6.58. The van der Waals surface area contributed by atoms with Crippen molar-refractivity contribution in [3.8, 4) is 21.5 Å². The molecule has 0 aliphatic carbocycles.